The molecule has 0 aliphatic carbocycles. The molecular weight excluding hydrogens is 337 g/mol. The Morgan fingerprint density at radius 2 is 1.69 bits per heavy atom. The van der Waals surface area contributed by atoms with E-state index < -0.39 is 6.10 Å². The van der Waals surface area contributed by atoms with Crippen LogP contribution in [0.25, 0.3) is 0 Å². The van der Waals surface area contributed by atoms with Gasteiger partial charge in [-0.05, 0) is 64.8 Å². The van der Waals surface area contributed by atoms with E-state index in [-0.39, 0.29) is 29.6 Å². The fourth-order valence-corrected chi connectivity index (χ4v) is 3.99. The maximum Gasteiger partial charge on any atom is 0.123 e. The molecule has 0 aromatic heterocycles. The van der Waals surface area contributed by atoms with Gasteiger partial charge in [-0.1, -0.05) is 0 Å². The summed E-state index contributed by atoms with van der Waals surface area (Å²) < 4.78 is 23.8. The maximum atomic E-state index is 12.8. The lowest BCUT2D eigenvalue weighted by molar-refractivity contribution is -0.105. The van der Waals surface area contributed by atoms with Gasteiger partial charge in [-0.2, -0.15) is 0 Å². The highest BCUT2D eigenvalue weighted by Gasteiger charge is 2.45. The van der Waals surface area contributed by atoms with Gasteiger partial charge in [-0.15, -0.1) is 0 Å². The summed E-state index contributed by atoms with van der Waals surface area (Å²) in [5.74, 6) is 0.290. The van der Waals surface area contributed by atoms with Crippen LogP contribution in [0.15, 0.2) is 24.3 Å². The number of nitrogens with zero attached hydrogens (tertiary/aromatic N) is 1. The fraction of sp³-hybridized carbons (Fsp3) is 0.700. The zero-order chi connectivity index (χ0) is 19.4. The predicted octanol–water partition coefficient (Wildman–Crippen LogP) is 2.60. The number of aliphatic hydroxyl groups excluding tert-OH is 2. The molecule has 1 aliphatic rings. The van der Waals surface area contributed by atoms with Crippen LogP contribution in [-0.4, -0.2) is 64.8 Å². The molecule has 0 radical (unpaired) electrons. The van der Waals surface area contributed by atoms with Crippen LogP contribution in [0.2, 0.25) is 0 Å². The van der Waals surface area contributed by atoms with Gasteiger partial charge < -0.3 is 19.7 Å². The number of piperidine rings is 1. The number of ether oxygens (including phenoxy) is 2. The lowest BCUT2D eigenvalue weighted by Crippen LogP contribution is -2.63. The Morgan fingerprint density at radius 3 is 2.27 bits per heavy atom. The zero-order valence-electron chi connectivity index (χ0n) is 16.2. The number of hydrogen-bond acceptors (Lipinski definition) is 5. The van der Waals surface area contributed by atoms with Gasteiger partial charge in [0.05, 0.1) is 25.4 Å². The lowest BCUT2D eigenvalue weighted by atomic mass is 9.78. The Labute approximate surface area is 155 Å². The van der Waals surface area contributed by atoms with Crippen molar-refractivity contribution in [1.82, 2.24) is 4.90 Å². The first-order chi connectivity index (χ1) is 12.1. The van der Waals surface area contributed by atoms with E-state index in [0.29, 0.717) is 38.3 Å². The third-order valence-electron chi connectivity index (χ3n) is 4.95. The summed E-state index contributed by atoms with van der Waals surface area (Å²) in [6, 6.07) is 5.83. The highest BCUT2D eigenvalue weighted by atomic mass is 19.1. The van der Waals surface area contributed by atoms with Gasteiger partial charge >= 0.3 is 0 Å². The molecule has 1 aromatic rings. The molecule has 0 saturated carbocycles. The van der Waals surface area contributed by atoms with E-state index in [9.17, 15) is 14.6 Å². The quantitative estimate of drug-likeness (QED) is 0.690. The Balaban J connectivity index is 1.72. The Bertz CT molecular complexity index is 543. The maximum absolute atomic E-state index is 12.8. The number of β-amino-alcohol motifs (C(OH)–C–C–N with tert-alkyl or cyclic N) is 1. The molecular formula is C20H32FNO4. The van der Waals surface area contributed by atoms with E-state index in [1.807, 2.05) is 0 Å². The zero-order valence-corrected chi connectivity index (χ0v) is 16.2. The average molecular weight is 369 g/mol. The van der Waals surface area contributed by atoms with Crippen LogP contribution in [-0.2, 0) is 4.74 Å². The van der Waals surface area contributed by atoms with Crippen molar-refractivity contribution in [3.8, 4) is 5.75 Å². The summed E-state index contributed by atoms with van der Waals surface area (Å²) in [6.45, 7) is 9.79. The molecule has 5 nitrogen and oxygen atoms in total. The van der Waals surface area contributed by atoms with E-state index in [1.165, 1.54) is 12.1 Å². The minimum Gasteiger partial charge on any atom is -0.491 e. The van der Waals surface area contributed by atoms with Gasteiger partial charge in [0, 0.05) is 17.6 Å². The molecule has 2 rings (SSSR count). The summed E-state index contributed by atoms with van der Waals surface area (Å²) in [5, 5.41) is 20.5. The summed E-state index contributed by atoms with van der Waals surface area (Å²) >= 11 is 0. The second-order valence-electron chi connectivity index (χ2n) is 8.33. The van der Waals surface area contributed by atoms with Gasteiger partial charge in [0.25, 0.3) is 0 Å². The largest absolute Gasteiger partial charge is 0.491 e. The van der Waals surface area contributed by atoms with E-state index >= 15 is 0 Å². The molecule has 0 spiro atoms. The van der Waals surface area contributed by atoms with Crippen LogP contribution in [0.5, 0.6) is 5.75 Å². The molecule has 2 N–H and O–H groups in total. The van der Waals surface area contributed by atoms with Gasteiger partial charge in [0.1, 0.15) is 18.2 Å². The van der Waals surface area contributed by atoms with Crippen molar-refractivity contribution in [2.24, 2.45) is 0 Å². The lowest BCUT2D eigenvalue weighted by Gasteiger charge is -2.55. The Hall–Kier alpha value is -1.21. The minimum atomic E-state index is -0.616. The van der Waals surface area contributed by atoms with Gasteiger partial charge in [0.2, 0.25) is 0 Å². The number of benzene rings is 1. The van der Waals surface area contributed by atoms with Crippen molar-refractivity contribution in [2.75, 3.05) is 26.4 Å². The van der Waals surface area contributed by atoms with Crippen LogP contribution < -0.4 is 4.74 Å². The van der Waals surface area contributed by atoms with Crippen molar-refractivity contribution < 1.29 is 24.1 Å². The molecule has 0 amide bonds. The second-order valence-corrected chi connectivity index (χ2v) is 8.33. The number of likely N-dealkylation sites (tertiary alicyclic amines) is 1. The molecule has 1 saturated heterocycles. The molecule has 0 bridgehead atoms. The SMILES string of the molecule is CC1(C)CC(O)CC(C)(C)N1C[C@H](O)COCCOc1ccc(F)cc1. The summed E-state index contributed by atoms with van der Waals surface area (Å²) in [4.78, 5) is 2.26. The van der Waals surface area contributed by atoms with Gasteiger partial charge in [-0.3, -0.25) is 4.90 Å². The van der Waals surface area contributed by atoms with Crippen LogP contribution >= 0.6 is 0 Å². The molecule has 0 unspecified atom stereocenters. The first kappa shape index (κ1) is 21.1. The molecule has 6 heteroatoms. The number of rotatable bonds is 8. The molecule has 1 atom stereocenters. The third kappa shape index (κ3) is 5.91. The molecule has 1 aliphatic heterocycles. The highest BCUT2D eigenvalue weighted by Crippen LogP contribution is 2.38. The first-order valence-corrected chi connectivity index (χ1v) is 9.20. The number of hydrogen-bond donors (Lipinski definition) is 2. The smallest absolute Gasteiger partial charge is 0.123 e. The Kier molecular flexibility index (Phi) is 7.02. The van der Waals surface area contributed by atoms with Crippen LogP contribution in [0, 0.1) is 5.82 Å². The molecule has 1 heterocycles. The third-order valence-corrected chi connectivity index (χ3v) is 4.95. The number of halogens is 1. The predicted molar refractivity (Wildman–Crippen MR) is 98.8 cm³/mol. The van der Waals surface area contributed by atoms with E-state index in [4.69, 9.17) is 9.47 Å². The monoisotopic (exact) mass is 369 g/mol. The summed E-state index contributed by atoms with van der Waals surface area (Å²) in [7, 11) is 0. The van der Waals surface area contributed by atoms with E-state index in [0.717, 1.165) is 0 Å². The molecule has 1 aromatic carbocycles. The number of aliphatic hydroxyl groups is 2. The standard InChI is InChI=1S/C20H32FNO4/c1-19(2)11-16(23)12-20(3,4)22(19)13-17(24)14-25-9-10-26-18-7-5-15(21)6-8-18/h5-8,16-17,23-24H,9-14H2,1-4H3/t17-/m0/s1. The van der Waals surface area contributed by atoms with Gasteiger partial charge in [-0.25, -0.2) is 4.39 Å². The fourth-order valence-electron chi connectivity index (χ4n) is 3.99. The molecule has 26 heavy (non-hydrogen) atoms. The molecule has 148 valence electrons. The topological polar surface area (TPSA) is 62.2 Å². The van der Waals surface area contributed by atoms with Crippen molar-refractivity contribution in [2.45, 2.75) is 63.8 Å². The Morgan fingerprint density at radius 1 is 1.12 bits per heavy atom. The van der Waals surface area contributed by atoms with Crippen LogP contribution in [0.1, 0.15) is 40.5 Å². The second kappa shape index (κ2) is 8.65. The average Bonchev–Trinajstić information content (AvgIpc) is 2.51. The van der Waals surface area contributed by atoms with Crippen molar-refractivity contribution >= 4 is 0 Å². The first-order valence-electron chi connectivity index (χ1n) is 9.20. The van der Waals surface area contributed by atoms with E-state index in [2.05, 4.69) is 32.6 Å². The van der Waals surface area contributed by atoms with Crippen molar-refractivity contribution in [3.63, 3.8) is 0 Å². The van der Waals surface area contributed by atoms with Crippen molar-refractivity contribution in [3.05, 3.63) is 30.1 Å². The summed E-state index contributed by atoms with van der Waals surface area (Å²) in [6.07, 6.45) is 0.452. The van der Waals surface area contributed by atoms with E-state index in [1.54, 1.807) is 12.1 Å². The van der Waals surface area contributed by atoms with Crippen LogP contribution in [0.3, 0.4) is 0 Å². The molecule has 1 fully saturated rings. The van der Waals surface area contributed by atoms with Crippen molar-refractivity contribution in [1.29, 1.82) is 0 Å². The van der Waals surface area contributed by atoms with Crippen LogP contribution in [0.4, 0.5) is 4.39 Å². The summed E-state index contributed by atoms with van der Waals surface area (Å²) in [5.41, 5.74) is -0.373. The normalized spacial score (nSPS) is 21.5. The highest BCUT2D eigenvalue weighted by molar-refractivity contribution is 5.21. The van der Waals surface area contributed by atoms with Gasteiger partial charge in [0.15, 0.2) is 0 Å². The minimum absolute atomic E-state index is 0.187.